The minimum absolute atomic E-state index is 0.214. The van der Waals surface area contributed by atoms with Crippen molar-refractivity contribution in [1.82, 2.24) is 4.90 Å². The Kier molecular flexibility index (Phi) is 3.39. The molecule has 4 unspecified atom stereocenters. The van der Waals surface area contributed by atoms with E-state index in [2.05, 4.69) is 25.7 Å². The second kappa shape index (κ2) is 4.79. The molecule has 2 heteroatoms. The summed E-state index contributed by atoms with van der Waals surface area (Å²) in [5, 5.41) is 0. The van der Waals surface area contributed by atoms with Crippen LogP contribution in [0.15, 0.2) is 0 Å². The molecule has 3 rings (SSSR count). The van der Waals surface area contributed by atoms with Gasteiger partial charge >= 0.3 is 0 Å². The van der Waals surface area contributed by atoms with Crippen LogP contribution in [0.1, 0.15) is 72.1 Å². The van der Waals surface area contributed by atoms with E-state index in [0.29, 0.717) is 18.0 Å². The molecule has 0 spiro atoms. The van der Waals surface area contributed by atoms with Gasteiger partial charge in [-0.15, -0.1) is 0 Å². The molecule has 108 valence electrons. The summed E-state index contributed by atoms with van der Waals surface area (Å²) >= 11 is 0. The molecule has 0 radical (unpaired) electrons. The Bertz CT molecular complexity index is 335. The second-order valence-electron chi connectivity index (χ2n) is 7.99. The third-order valence-electron chi connectivity index (χ3n) is 5.70. The minimum Gasteiger partial charge on any atom is -0.336 e. The predicted molar refractivity (Wildman–Crippen MR) is 77.8 cm³/mol. The van der Waals surface area contributed by atoms with Crippen LogP contribution in [0.5, 0.6) is 0 Å². The number of carbonyl (C=O) groups is 1. The molecule has 0 aromatic rings. The lowest BCUT2D eigenvalue weighted by Gasteiger charge is -2.38. The van der Waals surface area contributed by atoms with E-state index in [1.54, 1.807) is 0 Å². The van der Waals surface area contributed by atoms with E-state index in [0.717, 1.165) is 11.8 Å². The van der Waals surface area contributed by atoms with Crippen molar-refractivity contribution in [2.45, 2.75) is 84.2 Å². The van der Waals surface area contributed by atoms with Gasteiger partial charge in [-0.25, -0.2) is 0 Å². The molecule has 2 aliphatic carbocycles. The SMILES string of the molecule is CC(C)(C)C(=O)N1C2CCCCC2C2CCCCC21. The quantitative estimate of drug-likeness (QED) is 0.647. The number of hydrogen-bond acceptors (Lipinski definition) is 1. The Morgan fingerprint density at radius 3 is 1.68 bits per heavy atom. The molecule has 3 aliphatic rings. The summed E-state index contributed by atoms with van der Waals surface area (Å²) in [5.74, 6) is 2.06. The van der Waals surface area contributed by atoms with Crippen LogP contribution in [-0.4, -0.2) is 22.9 Å². The summed E-state index contributed by atoms with van der Waals surface area (Å²) in [5.41, 5.74) is -0.214. The third-order valence-corrected chi connectivity index (χ3v) is 5.70. The molecule has 1 aliphatic heterocycles. The normalized spacial score (nSPS) is 38.8. The molecule has 4 atom stereocenters. The molecule has 1 saturated heterocycles. The summed E-state index contributed by atoms with van der Waals surface area (Å²) in [4.78, 5) is 15.3. The van der Waals surface area contributed by atoms with Crippen molar-refractivity contribution >= 4 is 5.91 Å². The topological polar surface area (TPSA) is 20.3 Å². The van der Waals surface area contributed by atoms with Crippen LogP contribution >= 0.6 is 0 Å². The number of likely N-dealkylation sites (tertiary alicyclic amines) is 1. The zero-order valence-corrected chi connectivity index (χ0v) is 12.8. The Labute approximate surface area is 117 Å². The van der Waals surface area contributed by atoms with Gasteiger partial charge in [-0.05, 0) is 37.5 Å². The predicted octanol–water partition coefficient (Wildman–Crippen LogP) is 3.99. The molecular formula is C17H29NO. The van der Waals surface area contributed by atoms with Crippen molar-refractivity contribution in [3.63, 3.8) is 0 Å². The molecular weight excluding hydrogens is 234 g/mol. The minimum atomic E-state index is -0.214. The average molecular weight is 263 g/mol. The van der Waals surface area contributed by atoms with Crippen LogP contribution in [-0.2, 0) is 4.79 Å². The lowest BCUT2D eigenvalue weighted by Crippen LogP contribution is -2.48. The molecule has 2 saturated carbocycles. The lowest BCUT2D eigenvalue weighted by molar-refractivity contribution is -0.143. The molecule has 2 nitrogen and oxygen atoms in total. The lowest BCUT2D eigenvalue weighted by atomic mass is 9.73. The number of nitrogens with zero attached hydrogens (tertiary/aromatic N) is 1. The molecule has 1 amide bonds. The first kappa shape index (κ1) is 13.5. The van der Waals surface area contributed by atoms with Gasteiger partial charge < -0.3 is 4.90 Å². The zero-order chi connectivity index (χ0) is 13.6. The van der Waals surface area contributed by atoms with E-state index >= 15 is 0 Å². The highest BCUT2D eigenvalue weighted by Crippen LogP contribution is 2.50. The Hall–Kier alpha value is -0.530. The largest absolute Gasteiger partial charge is 0.336 e. The van der Waals surface area contributed by atoms with Crippen molar-refractivity contribution in [1.29, 1.82) is 0 Å². The first-order chi connectivity index (χ1) is 9.00. The maximum Gasteiger partial charge on any atom is 0.228 e. The standard InChI is InChI=1S/C17H29NO/c1-17(2,3)16(19)18-14-10-6-4-8-12(14)13-9-5-7-11-15(13)18/h12-15H,4-11H2,1-3H3. The number of hydrogen-bond donors (Lipinski definition) is 0. The van der Waals surface area contributed by atoms with Gasteiger partial charge in [-0.1, -0.05) is 46.5 Å². The molecule has 0 aromatic heterocycles. The first-order valence-corrected chi connectivity index (χ1v) is 8.33. The third kappa shape index (κ3) is 2.21. The Morgan fingerprint density at radius 1 is 0.842 bits per heavy atom. The summed E-state index contributed by atoms with van der Waals surface area (Å²) < 4.78 is 0. The maximum atomic E-state index is 12.9. The van der Waals surface area contributed by atoms with Crippen LogP contribution in [0.4, 0.5) is 0 Å². The molecule has 1 heterocycles. The van der Waals surface area contributed by atoms with Crippen molar-refractivity contribution in [2.24, 2.45) is 17.3 Å². The summed E-state index contributed by atoms with van der Waals surface area (Å²) in [7, 11) is 0. The molecule has 0 bridgehead atoms. The summed E-state index contributed by atoms with van der Waals surface area (Å²) in [6.07, 6.45) is 10.7. The van der Waals surface area contributed by atoms with E-state index in [1.807, 2.05) is 0 Å². The fraction of sp³-hybridized carbons (Fsp3) is 0.941. The van der Waals surface area contributed by atoms with Gasteiger partial charge in [0.05, 0.1) is 0 Å². The van der Waals surface area contributed by atoms with E-state index < -0.39 is 0 Å². The molecule has 19 heavy (non-hydrogen) atoms. The summed E-state index contributed by atoms with van der Waals surface area (Å²) in [6.45, 7) is 6.26. The van der Waals surface area contributed by atoms with E-state index in [1.165, 1.54) is 51.4 Å². The maximum absolute atomic E-state index is 12.9. The van der Waals surface area contributed by atoms with Gasteiger partial charge in [0.2, 0.25) is 5.91 Å². The average Bonchev–Trinajstić information content (AvgIpc) is 2.71. The van der Waals surface area contributed by atoms with Gasteiger partial charge in [0.15, 0.2) is 0 Å². The second-order valence-corrected chi connectivity index (χ2v) is 7.99. The van der Waals surface area contributed by atoms with Crippen LogP contribution in [0.3, 0.4) is 0 Å². The number of amides is 1. The number of fused-ring (bicyclic) bond motifs is 3. The van der Waals surface area contributed by atoms with Crippen molar-refractivity contribution in [3.8, 4) is 0 Å². The van der Waals surface area contributed by atoms with Gasteiger partial charge in [0.25, 0.3) is 0 Å². The molecule has 0 N–H and O–H groups in total. The van der Waals surface area contributed by atoms with Crippen LogP contribution in [0, 0.1) is 17.3 Å². The van der Waals surface area contributed by atoms with Gasteiger partial charge in [-0.3, -0.25) is 4.79 Å². The van der Waals surface area contributed by atoms with E-state index in [4.69, 9.17) is 0 Å². The highest BCUT2D eigenvalue weighted by atomic mass is 16.2. The highest BCUT2D eigenvalue weighted by molar-refractivity contribution is 5.82. The molecule has 3 fully saturated rings. The van der Waals surface area contributed by atoms with Gasteiger partial charge in [-0.2, -0.15) is 0 Å². The van der Waals surface area contributed by atoms with Crippen molar-refractivity contribution < 1.29 is 4.79 Å². The monoisotopic (exact) mass is 263 g/mol. The van der Waals surface area contributed by atoms with Crippen molar-refractivity contribution in [3.05, 3.63) is 0 Å². The van der Waals surface area contributed by atoms with E-state index in [9.17, 15) is 4.79 Å². The smallest absolute Gasteiger partial charge is 0.228 e. The van der Waals surface area contributed by atoms with Gasteiger partial charge in [0.1, 0.15) is 0 Å². The highest BCUT2D eigenvalue weighted by Gasteiger charge is 2.52. The van der Waals surface area contributed by atoms with Crippen molar-refractivity contribution in [2.75, 3.05) is 0 Å². The Morgan fingerprint density at radius 2 is 1.26 bits per heavy atom. The first-order valence-electron chi connectivity index (χ1n) is 8.33. The van der Waals surface area contributed by atoms with E-state index in [-0.39, 0.29) is 5.41 Å². The Balaban J connectivity index is 1.90. The number of rotatable bonds is 0. The van der Waals surface area contributed by atoms with Crippen LogP contribution < -0.4 is 0 Å². The molecule has 0 aromatic carbocycles. The summed E-state index contributed by atoms with van der Waals surface area (Å²) in [6, 6.07) is 1.15. The number of carbonyl (C=O) groups excluding carboxylic acids is 1. The van der Waals surface area contributed by atoms with Crippen LogP contribution in [0.25, 0.3) is 0 Å². The van der Waals surface area contributed by atoms with Gasteiger partial charge in [0, 0.05) is 17.5 Å². The fourth-order valence-corrected chi connectivity index (χ4v) is 4.90. The van der Waals surface area contributed by atoms with Crippen LogP contribution in [0.2, 0.25) is 0 Å². The zero-order valence-electron chi connectivity index (χ0n) is 12.8. The fourth-order valence-electron chi connectivity index (χ4n) is 4.90.